The molecule has 21 heavy (non-hydrogen) atoms. The van der Waals surface area contributed by atoms with Gasteiger partial charge in [0.15, 0.2) is 0 Å². The molecule has 3 nitrogen and oxygen atoms in total. The van der Waals surface area contributed by atoms with Crippen molar-refractivity contribution in [3.8, 4) is 0 Å². The lowest BCUT2D eigenvalue weighted by Crippen LogP contribution is -2.59. The third kappa shape index (κ3) is 2.92. The number of hydrogen-bond donors (Lipinski definition) is 1. The highest BCUT2D eigenvalue weighted by atomic mass is 19.1. The first-order chi connectivity index (χ1) is 10.2. The lowest BCUT2D eigenvalue weighted by Gasteiger charge is -2.49. The molecular weight excluding hydrogens is 265 g/mol. The number of halogens is 1. The van der Waals surface area contributed by atoms with Crippen molar-refractivity contribution in [2.24, 2.45) is 0 Å². The van der Waals surface area contributed by atoms with Gasteiger partial charge in [-0.1, -0.05) is 12.5 Å². The van der Waals surface area contributed by atoms with Crippen molar-refractivity contribution in [2.75, 3.05) is 31.6 Å². The van der Waals surface area contributed by atoms with E-state index in [0.717, 1.165) is 24.3 Å². The minimum atomic E-state index is -0.0971. The van der Waals surface area contributed by atoms with Crippen LogP contribution in [0.1, 0.15) is 31.7 Å². The highest BCUT2D eigenvalue weighted by Crippen LogP contribution is 2.31. The molecule has 1 aromatic rings. The fourth-order valence-electron chi connectivity index (χ4n) is 3.86. The molecule has 0 aliphatic carbocycles. The first-order valence-electron chi connectivity index (χ1n) is 8.13. The summed E-state index contributed by atoms with van der Waals surface area (Å²) in [5.74, 6) is -0.0971. The van der Waals surface area contributed by atoms with Crippen molar-refractivity contribution in [2.45, 2.75) is 44.8 Å². The van der Waals surface area contributed by atoms with Crippen molar-refractivity contribution < 1.29 is 4.39 Å². The third-order valence-corrected chi connectivity index (χ3v) is 4.94. The molecule has 2 unspecified atom stereocenters. The summed E-state index contributed by atoms with van der Waals surface area (Å²) in [6.45, 7) is 6.20. The molecule has 3 rings (SSSR count). The number of piperazine rings is 1. The Kier molecular flexibility index (Phi) is 4.45. The second kappa shape index (κ2) is 6.32. The highest BCUT2D eigenvalue weighted by molar-refractivity contribution is 5.55. The van der Waals surface area contributed by atoms with Gasteiger partial charge in [-0.3, -0.25) is 4.90 Å². The highest BCUT2D eigenvalue weighted by Gasteiger charge is 2.33. The minimum absolute atomic E-state index is 0.0971. The Bertz CT molecular complexity index is 491. The van der Waals surface area contributed by atoms with Crippen LogP contribution in [0.3, 0.4) is 0 Å². The van der Waals surface area contributed by atoms with Crippen LogP contribution in [0.5, 0.6) is 0 Å². The van der Waals surface area contributed by atoms with E-state index in [1.54, 1.807) is 6.07 Å². The molecule has 116 valence electrons. The summed E-state index contributed by atoms with van der Waals surface area (Å²) in [4.78, 5) is 5.05. The largest absolute Gasteiger partial charge is 0.366 e. The van der Waals surface area contributed by atoms with E-state index in [1.807, 2.05) is 13.1 Å². The minimum Gasteiger partial charge on any atom is -0.366 e. The Morgan fingerprint density at radius 2 is 2.14 bits per heavy atom. The first-order valence-corrected chi connectivity index (χ1v) is 8.13. The second-order valence-electron chi connectivity index (χ2n) is 6.41. The summed E-state index contributed by atoms with van der Waals surface area (Å²) in [7, 11) is 1.87. The van der Waals surface area contributed by atoms with Gasteiger partial charge in [0.2, 0.25) is 0 Å². The van der Waals surface area contributed by atoms with E-state index in [2.05, 4.69) is 28.1 Å². The van der Waals surface area contributed by atoms with Crippen LogP contribution >= 0.6 is 0 Å². The second-order valence-corrected chi connectivity index (χ2v) is 6.41. The van der Waals surface area contributed by atoms with Gasteiger partial charge in [0.05, 0.1) is 0 Å². The van der Waals surface area contributed by atoms with E-state index in [9.17, 15) is 4.39 Å². The monoisotopic (exact) mass is 291 g/mol. The summed E-state index contributed by atoms with van der Waals surface area (Å²) in [5.41, 5.74) is 1.87. The summed E-state index contributed by atoms with van der Waals surface area (Å²) in [5, 5.41) is 3.10. The molecule has 0 aromatic heterocycles. The first kappa shape index (κ1) is 14.8. The van der Waals surface area contributed by atoms with Crippen LogP contribution in [0.4, 0.5) is 10.1 Å². The number of rotatable bonds is 3. The zero-order valence-corrected chi connectivity index (χ0v) is 13.1. The van der Waals surface area contributed by atoms with Crippen LogP contribution in [0.25, 0.3) is 0 Å². The lowest BCUT2D eigenvalue weighted by atomic mass is 9.96. The van der Waals surface area contributed by atoms with Gasteiger partial charge in [0.25, 0.3) is 0 Å². The molecule has 4 heteroatoms. The van der Waals surface area contributed by atoms with E-state index < -0.39 is 0 Å². The molecule has 2 saturated heterocycles. The number of piperidine rings is 1. The Morgan fingerprint density at radius 1 is 1.29 bits per heavy atom. The van der Waals surface area contributed by atoms with Crippen molar-refractivity contribution in [1.82, 2.24) is 10.2 Å². The molecule has 1 aromatic carbocycles. The molecule has 2 heterocycles. The smallest absolute Gasteiger partial charge is 0.129 e. The normalized spacial score (nSPS) is 26.7. The molecular formula is C17H26FN3. The van der Waals surface area contributed by atoms with Gasteiger partial charge >= 0.3 is 0 Å². The Morgan fingerprint density at radius 3 is 2.95 bits per heavy atom. The maximum atomic E-state index is 14.2. The number of fused-ring (bicyclic) bond motifs is 1. The third-order valence-electron chi connectivity index (χ3n) is 4.94. The molecule has 0 amide bonds. The van der Waals surface area contributed by atoms with Crippen LogP contribution < -0.4 is 10.2 Å². The summed E-state index contributed by atoms with van der Waals surface area (Å²) in [6.07, 6.45) is 3.93. The van der Waals surface area contributed by atoms with Gasteiger partial charge in [-0.2, -0.15) is 0 Å². The fourth-order valence-corrected chi connectivity index (χ4v) is 3.86. The van der Waals surface area contributed by atoms with Crippen molar-refractivity contribution in [3.63, 3.8) is 0 Å². The van der Waals surface area contributed by atoms with Gasteiger partial charge in [-0.25, -0.2) is 4.39 Å². The summed E-state index contributed by atoms with van der Waals surface area (Å²) >= 11 is 0. The molecule has 2 aliphatic rings. The Labute approximate surface area is 127 Å². The van der Waals surface area contributed by atoms with E-state index >= 15 is 0 Å². The predicted molar refractivity (Wildman–Crippen MR) is 85.2 cm³/mol. The van der Waals surface area contributed by atoms with Crippen LogP contribution in [-0.2, 0) is 6.54 Å². The topological polar surface area (TPSA) is 18.5 Å². The van der Waals surface area contributed by atoms with Gasteiger partial charge in [0, 0.05) is 43.0 Å². The van der Waals surface area contributed by atoms with Gasteiger partial charge in [0.1, 0.15) is 5.82 Å². The average molecular weight is 291 g/mol. The zero-order valence-electron chi connectivity index (χ0n) is 13.1. The van der Waals surface area contributed by atoms with Gasteiger partial charge in [-0.05, 0) is 45.5 Å². The molecule has 2 fully saturated rings. The predicted octanol–water partition coefficient (Wildman–Crippen LogP) is 2.61. The van der Waals surface area contributed by atoms with Gasteiger partial charge < -0.3 is 10.2 Å². The molecule has 2 aliphatic heterocycles. The van der Waals surface area contributed by atoms with E-state index in [1.165, 1.54) is 25.8 Å². The van der Waals surface area contributed by atoms with E-state index in [4.69, 9.17) is 0 Å². The number of nitrogens with one attached hydrogen (secondary N) is 1. The van der Waals surface area contributed by atoms with E-state index in [-0.39, 0.29) is 5.82 Å². The van der Waals surface area contributed by atoms with Crippen molar-refractivity contribution in [1.29, 1.82) is 0 Å². The quantitative estimate of drug-likeness (QED) is 0.923. The van der Waals surface area contributed by atoms with Crippen LogP contribution in [0.2, 0.25) is 0 Å². The van der Waals surface area contributed by atoms with Crippen molar-refractivity contribution >= 4 is 5.69 Å². The summed E-state index contributed by atoms with van der Waals surface area (Å²) < 4.78 is 14.2. The number of benzene rings is 1. The standard InChI is InChI=1S/C17H26FN3/c1-13-11-20-9-4-3-6-14(20)12-21(13)17-8-5-7-16(18)15(17)10-19-2/h5,7-8,13-14,19H,3-4,6,9-12H2,1-2H3. The molecule has 0 bridgehead atoms. The van der Waals surface area contributed by atoms with Crippen LogP contribution in [0, 0.1) is 5.82 Å². The molecule has 0 radical (unpaired) electrons. The van der Waals surface area contributed by atoms with Crippen LogP contribution in [-0.4, -0.2) is 43.7 Å². The van der Waals surface area contributed by atoms with Crippen molar-refractivity contribution in [3.05, 3.63) is 29.6 Å². The number of hydrogen-bond acceptors (Lipinski definition) is 3. The Balaban J connectivity index is 1.87. The maximum absolute atomic E-state index is 14.2. The molecule has 2 atom stereocenters. The molecule has 0 saturated carbocycles. The number of anilines is 1. The van der Waals surface area contributed by atoms with Gasteiger partial charge in [-0.15, -0.1) is 0 Å². The molecule has 1 N–H and O–H groups in total. The van der Waals surface area contributed by atoms with Crippen LogP contribution in [0.15, 0.2) is 18.2 Å². The SMILES string of the molecule is CNCc1c(F)cccc1N1CC2CCCCN2CC1C. The maximum Gasteiger partial charge on any atom is 0.129 e. The molecule has 0 spiro atoms. The Hall–Kier alpha value is -1.13. The zero-order chi connectivity index (χ0) is 14.8. The fraction of sp³-hybridized carbons (Fsp3) is 0.647. The number of nitrogens with zero attached hydrogens (tertiary/aromatic N) is 2. The lowest BCUT2D eigenvalue weighted by molar-refractivity contribution is 0.115. The average Bonchev–Trinajstić information content (AvgIpc) is 2.49. The summed E-state index contributed by atoms with van der Waals surface area (Å²) in [6, 6.07) is 6.56. The van der Waals surface area contributed by atoms with E-state index in [0.29, 0.717) is 18.6 Å².